The van der Waals surface area contributed by atoms with Gasteiger partial charge in [-0.05, 0) is 43.5 Å². The molecule has 2 rings (SSSR count). The van der Waals surface area contributed by atoms with E-state index < -0.39 is 26.0 Å². The second-order valence-electron chi connectivity index (χ2n) is 6.62. The van der Waals surface area contributed by atoms with Crippen molar-refractivity contribution in [2.75, 3.05) is 38.3 Å². The van der Waals surface area contributed by atoms with Crippen LogP contribution in [0.1, 0.15) is 26.2 Å². The molecule has 1 atom stereocenters. The van der Waals surface area contributed by atoms with Gasteiger partial charge in [-0.1, -0.05) is 11.4 Å². The summed E-state index contributed by atoms with van der Waals surface area (Å²) in [5.41, 5.74) is 0.442. The van der Waals surface area contributed by atoms with Crippen LogP contribution in [0, 0.1) is 5.92 Å². The summed E-state index contributed by atoms with van der Waals surface area (Å²) in [6, 6.07) is 5.73. The Kier molecular flexibility index (Phi) is 7.57. The van der Waals surface area contributed by atoms with E-state index in [1.807, 2.05) is 0 Å². The summed E-state index contributed by atoms with van der Waals surface area (Å²) in [7, 11) is -4.56. The van der Waals surface area contributed by atoms with Crippen LogP contribution < -0.4 is 5.32 Å². The number of hydrogen-bond acceptors (Lipinski definition) is 6. The van der Waals surface area contributed by atoms with Crippen LogP contribution in [-0.2, 0) is 29.7 Å². The molecule has 0 bridgehead atoms. The maximum absolute atomic E-state index is 12.6. The molecular weight excluding hydrogens is 406 g/mol. The average Bonchev–Trinajstić information content (AvgIpc) is 2.67. The van der Waals surface area contributed by atoms with Gasteiger partial charge in [-0.3, -0.25) is 9.63 Å². The fourth-order valence-corrected chi connectivity index (χ4v) is 5.56. The van der Waals surface area contributed by atoms with E-state index in [9.17, 15) is 21.6 Å². The first kappa shape index (κ1) is 22.8. The third-order valence-electron chi connectivity index (χ3n) is 4.63. The number of rotatable bonds is 8. The molecule has 1 N–H and O–H groups in total. The van der Waals surface area contributed by atoms with Crippen LogP contribution in [0.3, 0.4) is 0 Å². The number of sulfonamides is 2. The Balaban J connectivity index is 2.05. The Bertz CT molecular complexity index is 884. The molecule has 0 saturated carbocycles. The van der Waals surface area contributed by atoms with Crippen molar-refractivity contribution in [2.45, 2.75) is 31.1 Å². The van der Waals surface area contributed by atoms with Gasteiger partial charge in [0.2, 0.25) is 15.9 Å². The molecule has 1 aliphatic heterocycles. The first-order valence-electron chi connectivity index (χ1n) is 9.03. The van der Waals surface area contributed by atoms with Gasteiger partial charge in [-0.2, -0.15) is 0 Å². The normalized spacial score (nSPS) is 18.9. The Morgan fingerprint density at radius 2 is 1.89 bits per heavy atom. The fraction of sp³-hybridized carbons (Fsp3) is 0.588. The average molecular weight is 434 g/mol. The minimum atomic E-state index is -3.76. The molecule has 0 radical (unpaired) electrons. The highest BCUT2D eigenvalue weighted by Crippen LogP contribution is 2.23. The van der Waals surface area contributed by atoms with Crippen molar-refractivity contribution in [3.8, 4) is 0 Å². The molecule has 158 valence electrons. The molecule has 1 fully saturated rings. The lowest BCUT2D eigenvalue weighted by molar-refractivity contribution is -0.120. The highest BCUT2D eigenvalue weighted by Gasteiger charge is 2.32. The van der Waals surface area contributed by atoms with Crippen molar-refractivity contribution in [1.82, 2.24) is 8.77 Å². The van der Waals surface area contributed by atoms with E-state index in [1.54, 1.807) is 6.92 Å². The Labute approximate surface area is 166 Å². The molecule has 1 heterocycles. The van der Waals surface area contributed by atoms with Crippen molar-refractivity contribution in [2.24, 2.45) is 5.92 Å². The van der Waals surface area contributed by atoms with Crippen molar-refractivity contribution >= 4 is 31.6 Å². The van der Waals surface area contributed by atoms with E-state index in [0.29, 0.717) is 31.5 Å². The largest absolute Gasteiger partial charge is 0.326 e. The van der Waals surface area contributed by atoms with Crippen molar-refractivity contribution in [1.29, 1.82) is 0 Å². The zero-order valence-corrected chi connectivity index (χ0v) is 17.9. The molecule has 1 aromatic carbocycles. The molecule has 1 saturated heterocycles. The van der Waals surface area contributed by atoms with Crippen molar-refractivity contribution in [3.05, 3.63) is 24.3 Å². The summed E-state index contributed by atoms with van der Waals surface area (Å²) in [5, 5.41) is 2.74. The van der Waals surface area contributed by atoms with E-state index in [4.69, 9.17) is 4.84 Å². The van der Waals surface area contributed by atoms with Crippen LogP contribution in [0.5, 0.6) is 0 Å². The summed E-state index contributed by atoms with van der Waals surface area (Å²) in [6.45, 7) is 2.41. The van der Waals surface area contributed by atoms with E-state index in [-0.39, 0.29) is 23.1 Å². The van der Waals surface area contributed by atoms with Gasteiger partial charge in [-0.15, -0.1) is 0 Å². The van der Waals surface area contributed by atoms with Gasteiger partial charge < -0.3 is 5.32 Å². The quantitative estimate of drug-likeness (QED) is 0.618. The van der Waals surface area contributed by atoms with Crippen molar-refractivity contribution in [3.63, 3.8) is 0 Å². The number of piperidine rings is 1. The minimum absolute atomic E-state index is 0.0318. The fourth-order valence-electron chi connectivity index (χ4n) is 3.00. The SMILES string of the molecule is CCCS(=O)(=O)N1CCCC(C(=O)Nc2ccc(S(=O)(=O)N(C)OC)cc2)C1. The number of hydrogen-bond donors (Lipinski definition) is 1. The first-order valence-corrected chi connectivity index (χ1v) is 12.1. The number of nitrogens with zero attached hydrogens (tertiary/aromatic N) is 2. The molecule has 1 aliphatic rings. The molecule has 28 heavy (non-hydrogen) atoms. The summed E-state index contributed by atoms with van der Waals surface area (Å²) >= 11 is 0. The number of carbonyl (C=O) groups is 1. The van der Waals surface area contributed by atoms with Crippen LogP contribution in [0.4, 0.5) is 5.69 Å². The zero-order valence-electron chi connectivity index (χ0n) is 16.3. The number of amides is 1. The van der Waals surface area contributed by atoms with E-state index in [1.165, 1.54) is 42.7 Å². The summed E-state index contributed by atoms with van der Waals surface area (Å²) in [6.07, 6.45) is 1.76. The van der Waals surface area contributed by atoms with Gasteiger partial charge in [0, 0.05) is 25.8 Å². The lowest BCUT2D eigenvalue weighted by Gasteiger charge is -2.31. The van der Waals surface area contributed by atoms with Crippen LogP contribution >= 0.6 is 0 Å². The summed E-state index contributed by atoms with van der Waals surface area (Å²) in [4.78, 5) is 17.3. The van der Waals surface area contributed by atoms with E-state index in [0.717, 1.165) is 4.47 Å². The van der Waals surface area contributed by atoms with Crippen LogP contribution in [0.15, 0.2) is 29.2 Å². The molecule has 1 aromatic rings. The first-order chi connectivity index (χ1) is 13.1. The van der Waals surface area contributed by atoms with Gasteiger partial charge in [0.15, 0.2) is 0 Å². The van der Waals surface area contributed by atoms with Gasteiger partial charge in [0.1, 0.15) is 0 Å². The van der Waals surface area contributed by atoms with Gasteiger partial charge >= 0.3 is 0 Å². The molecular formula is C17H27N3O6S2. The molecule has 0 aliphatic carbocycles. The Morgan fingerprint density at radius 3 is 2.46 bits per heavy atom. The third kappa shape index (κ3) is 5.29. The van der Waals surface area contributed by atoms with Gasteiger partial charge in [0.25, 0.3) is 10.0 Å². The number of benzene rings is 1. The van der Waals surface area contributed by atoms with Gasteiger partial charge in [0.05, 0.1) is 23.7 Å². The lowest BCUT2D eigenvalue weighted by Crippen LogP contribution is -2.44. The summed E-state index contributed by atoms with van der Waals surface area (Å²) < 4.78 is 51.0. The molecule has 1 unspecified atom stereocenters. The predicted octanol–water partition coefficient (Wildman–Crippen LogP) is 1.26. The third-order valence-corrected chi connectivity index (χ3v) is 8.36. The summed E-state index contributed by atoms with van der Waals surface area (Å²) in [5.74, 6) is -0.642. The van der Waals surface area contributed by atoms with E-state index in [2.05, 4.69) is 5.32 Å². The Hall–Kier alpha value is -1.53. The van der Waals surface area contributed by atoms with E-state index >= 15 is 0 Å². The standard InChI is InChI=1S/C17H27N3O6S2/c1-4-12-27(22,23)20-11-5-6-14(13-20)17(21)18-15-7-9-16(10-8-15)28(24,25)19(2)26-3/h7-10,14H,4-6,11-13H2,1-3H3,(H,18,21). The van der Waals surface area contributed by atoms with Crippen LogP contribution in [-0.4, -0.2) is 64.5 Å². The predicted molar refractivity (Wildman–Crippen MR) is 105 cm³/mol. The van der Waals surface area contributed by atoms with Crippen molar-refractivity contribution < 1.29 is 26.5 Å². The number of carbonyl (C=O) groups excluding carboxylic acids is 1. The molecule has 1 amide bonds. The van der Waals surface area contributed by atoms with Crippen LogP contribution in [0.2, 0.25) is 0 Å². The van der Waals surface area contributed by atoms with Gasteiger partial charge in [-0.25, -0.2) is 21.1 Å². The second kappa shape index (κ2) is 9.31. The highest BCUT2D eigenvalue weighted by atomic mass is 32.2. The smallest absolute Gasteiger partial charge is 0.264 e. The molecule has 0 aromatic heterocycles. The maximum atomic E-state index is 12.6. The number of hydroxylamine groups is 1. The second-order valence-corrected chi connectivity index (χ2v) is 10.6. The topological polar surface area (TPSA) is 113 Å². The zero-order chi connectivity index (χ0) is 20.9. The minimum Gasteiger partial charge on any atom is -0.326 e. The molecule has 0 spiro atoms. The lowest BCUT2D eigenvalue weighted by atomic mass is 9.99. The molecule has 11 heteroatoms. The number of nitrogens with one attached hydrogen (secondary N) is 1. The number of anilines is 1. The Morgan fingerprint density at radius 1 is 1.25 bits per heavy atom. The highest BCUT2D eigenvalue weighted by molar-refractivity contribution is 7.89. The monoisotopic (exact) mass is 433 g/mol. The van der Waals surface area contributed by atoms with Crippen LogP contribution in [0.25, 0.3) is 0 Å². The maximum Gasteiger partial charge on any atom is 0.264 e. The molecule has 9 nitrogen and oxygen atoms in total.